The Kier molecular flexibility index (Phi) is 12.0. The third kappa shape index (κ3) is 7.24. The number of rotatable bonds is 18. The Labute approximate surface area is 354 Å². The number of aryl methyl sites for hydroxylation is 1. The molecule has 2 aromatic carbocycles. The molecule has 2 amide bonds. The van der Waals surface area contributed by atoms with Crippen LogP contribution in [0, 0.1) is 11.8 Å². The molecule has 58 heavy (non-hydrogen) atoms. The molecule has 4 aromatic heterocycles. The van der Waals surface area contributed by atoms with E-state index in [4.69, 9.17) is 0 Å². The van der Waals surface area contributed by atoms with Crippen LogP contribution >= 0.6 is 34.0 Å². The van der Waals surface area contributed by atoms with Crippen molar-refractivity contribution in [3.8, 4) is 20.2 Å². The van der Waals surface area contributed by atoms with Crippen molar-refractivity contribution in [1.82, 2.24) is 14.4 Å². The molecule has 2 unspecified atom stereocenters. The predicted molar refractivity (Wildman–Crippen MR) is 245 cm³/mol. The van der Waals surface area contributed by atoms with Crippen LogP contribution in [0.2, 0.25) is 0 Å². The summed E-state index contributed by atoms with van der Waals surface area (Å²) in [7, 11) is 0. The van der Waals surface area contributed by atoms with Crippen molar-refractivity contribution in [2.24, 2.45) is 11.8 Å². The first-order valence-electron chi connectivity index (χ1n) is 21.2. The fourth-order valence-corrected chi connectivity index (χ4v) is 12.0. The number of fused-ring (bicyclic) bond motifs is 4. The van der Waals surface area contributed by atoms with Crippen LogP contribution in [0.15, 0.2) is 90.0 Å². The van der Waals surface area contributed by atoms with Gasteiger partial charge in [0.1, 0.15) is 0 Å². The van der Waals surface area contributed by atoms with Crippen molar-refractivity contribution >= 4 is 85.3 Å². The predicted octanol–water partition coefficient (Wildman–Crippen LogP) is 13.4. The fraction of sp³-hybridized carbons (Fsp3) is 0.367. The molecular formula is C49H53N3O3S3. The number of amides is 2. The Hall–Kier alpha value is -4.57. The summed E-state index contributed by atoms with van der Waals surface area (Å²) in [6.45, 7) is 13.1. The highest BCUT2D eigenvalue weighted by atomic mass is 32.1. The number of carbonyl (C=O) groups is 3. The molecule has 8 rings (SSSR count). The number of carbonyl (C=O) groups excluding carboxylic acids is 3. The Balaban J connectivity index is 1.28. The summed E-state index contributed by atoms with van der Waals surface area (Å²) in [6, 6.07) is 27.6. The number of benzene rings is 2. The molecule has 300 valence electrons. The van der Waals surface area contributed by atoms with Gasteiger partial charge in [-0.15, -0.1) is 34.0 Å². The van der Waals surface area contributed by atoms with E-state index in [1.165, 1.54) is 33.1 Å². The van der Waals surface area contributed by atoms with Gasteiger partial charge in [0, 0.05) is 56.1 Å². The number of thiophene rings is 3. The van der Waals surface area contributed by atoms with Gasteiger partial charge in [0.15, 0.2) is 6.29 Å². The van der Waals surface area contributed by atoms with E-state index in [0.29, 0.717) is 40.9 Å². The second kappa shape index (κ2) is 17.3. The first kappa shape index (κ1) is 40.2. The average Bonchev–Trinajstić information content (AvgIpc) is 4.12. The van der Waals surface area contributed by atoms with Crippen molar-refractivity contribution in [3.05, 3.63) is 105 Å². The highest BCUT2D eigenvalue weighted by molar-refractivity contribution is 7.23. The summed E-state index contributed by atoms with van der Waals surface area (Å²) >= 11 is 4.74. The van der Waals surface area contributed by atoms with E-state index in [0.717, 1.165) is 106 Å². The maximum atomic E-state index is 15.2. The van der Waals surface area contributed by atoms with Crippen molar-refractivity contribution in [3.63, 3.8) is 0 Å². The second-order valence-electron chi connectivity index (χ2n) is 15.8. The van der Waals surface area contributed by atoms with Crippen molar-refractivity contribution < 1.29 is 14.4 Å². The van der Waals surface area contributed by atoms with E-state index in [1.54, 1.807) is 22.7 Å². The number of hydrogen-bond acceptors (Lipinski definition) is 6. The molecule has 0 radical (unpaired) electrons. The number of unbranched alkanes of at least 4 members (excludes halogenated alkanes) is 2. The van der Waals surface area contributed by atoms with Gasteiger partial charge >= 0.3 is 0 Å². The molecule has 2 aliphatic rings. The molecule has 6 nitrogen and oxygen atoms in total. The zero-order valence-electron chi connectivity index (χ0n) is 34.3. The van der Waals surface area contributed by atoms with Crippen LogP contribution in [-0.4, -0.2) is 45.6 Å². The molecule has 6 heterocycles. The first-order valence-corrected chi connectivity index (χ1v) is 23.7. The lowest BCUT2D eigenvalue weighted by molar-refractivity contribution is -0.124. The van der Waals surface area contributed by atoms with E-state index < -0.39 is 0 Å². The molecule has 0 fully saturated rings. The number of nitrogens with zero attached hydrogens (tertiary/aromatic N) is 3. The number of hydrogen-bond donors (Lipinski definition) is 0. The second-order valence-corrected chi connectivity index (χ2v) is 19.0. The van der Waals surface area contributed by atoms with Gasteiger partial charge < -0.3 is 14.4 Å². The van der Waals surface area contributed by atoms with E-state index >= 15 is 9.59 Å². The first-order chi connectivity index (χ1) is 28.3. The minimum Gasteiger partial charge on any atom is -0.341 e. The smallest absolute Gasteiger partial charge is 0.261 e. The number of para-hydroxylation sites is 1. The maximum absolute atomic E-state index is 15.2. The lowest BCUT2D eigenvalue weighted by Crippen LogP contribution is -2.34. The van der Waals surface area contributed by atoms with Gasteiger partial charge in [-0.25, -0.2) is 0 Å². The highest BCUT2D eigenvalue weighted by Gasteiger charge is 2.50. The summed E-state index contributed by atoms with van der Waals surface area (Å²) in [6.07, 6.45) is 9.31. The standard InChI is InChI=1S/C49H53N3O3S3/c1-6-11-15-31(8-3)28-51-46(42-25-23-39(57-42)33-19-21-38-36(27-33)35-17-13-14-18-37(35)50(38)10-5)44-45(49(51)55)47(52(48(44)54)29-32(9-4)16-12-7-2)43-26-24-41(58-43)40-22-20-34(30-53)56-40/h13-14,17-27,30-32H,6-12,15-16,28-29H2,1-5H3. The zero-order valence-corrected chi connectivity index (χ0v) is 36.8. The third-order valence-corrected chi connectivity index (χ3v) is 15.6. The van der Waals surface area contributed by atoms with E-state index in [1.807, 2.05) is 21.9 Å². The van der Waals surface area contributed by atoms with Crippen LogP contribution in [-0.2, 0) is 16.1 Å². The largest absolute Gasteiger partial charge is 0.341 e. The normalized spacial score (nSPS) is 15.5. The van der Waals surface area contributed by atoms with Gasteiger partial charge in [-0.2, -0.15) is 0 Å². The van der Waals surface area contributed by atoms with Crippen molar-refractivity contribution in [1.29, 1.82) is 0 Å². The summed E-state index contributed by atoms with van der Waals surface area (Å²) in [5.74, 6) is 0.515. The lowest BCUT2D eigenvalue weighted by atomic mass is 9.98. The Morgan fingerprint density at radius 1 is 0.586 bits per heavy atom. The number of aromatic nitrogens is 1. The molecule has 6 aromatic rings. The SMILES string of the molecule is CCCCC(CC)CN1C(=O)C2=C(c3ccc(-c4ccc(C=O)s4)s3)N(CC(CC)CCCC)C(=O)C2=C1c1ccc(-c2ccc3c(c2)c2ccccc2n3CC)s1. The molecule has 0 aliphatic carbocycles. The molecule has 2 aliphatic heterocycles. The van der Waals surface area contributed by atoms with Gasteiger partial charge in [0.2, 0.25) is 0 Å². The Bertz CT molecular complexity index is 2560. The molecular weight excluding hydrogens is 775 g/mol. The monoisotopic (exact) mass is 827 g/mol. The quantitative estimate of drug-likeness (QED) is 0.0811. The van der Waals surface area contributed by atoms with Crippen LogP contribution in [0.5, 0.6) is 0 Å². The molecule has 0 saturated carbocycles. The maximum Gasteiger partial charge on any atom is 0.261 e. The Morgan fingerprint density at radius 3 is 1.69 bits per heavy atom. The van der Waals surface area contributed by atoms with E-state index in [9.17, 15) is 4.79 Å². The van der Waals surface area contributed by atoms with Gasteiger partial charge in [-0.05, 0) is 91.8 Å². The summed E-state index contributed by atoms with van der Waals surface area (Å²) < 4.78 is 2.37. The average molecular weight is 828 g/mol. The fourth-order valence-electron chi connectivity index (χ4n) is 8.92. The van der Waals surface area contributed by atoms with Crippen LogP contribution in [0.3, 0.4) is 0 Å². The third-order valence-electron chi connectivity index (χ3n) is 12.2. The highest BCUT2D eigenvalue weighted by Crippen LogP contribution is 2.51. The van der Waals surface area contributed by atoms with Crippen LogP contribution in [0.1, 0.15) is 105 Å². The van der Waals surface area contributed by atoms with Gasteiger partial charge in [-0.3, -0.25) is 14.4 Å². The number of aldehydes is 1. The minimum atomic E-state index is -0.0644. The Morgan fingerprint density at radius 2 is 1.12 bits per heavy atom. The minimum absolute atomic E-state index is 0.0644. The van der Waals surface area contributed by atoms with Crippen molar-refractivity contribution in [2.45, 2.75) is 92.5 Å². The molecule has 0 bridgehead atoms. The van der Waals surface area contributed by atoms with Gasteiger partial charge in [0.05, 0.1) is 37.2 Å². The van der Waals surface area contributed by atoms with Crippen LogP contribution in [0.25, 0.3) is 53.4 Å². The van der Waals surface area contributed by atoms with Crippen LogP contribution in [0.4, 0.5) is 0 Å². The van der Waals surface area contributed by atoms with E-state index in [-0.39, 0.29) is 11.8 Å². The molecule has 2 atom stereocenters. The van der Waals surface area contributed by atoms with E-state index in [2.05, 4.69) is 106 Å². The van der Waals surface area contributed by atoms with Gasteiger partial charge in [-0.1, -0.05) is 90.5 Å². The summed E-state index contributed by atoms with van der Waals surface area (Å²) in [5, 5.41) is 2.48. The molecule has 0 spiro atoms. The molecule has 0 saturated heterocycles. The molecule has 0 N–H and O–H groups in total. The topological polar surface area (TPSA) is 62.6 Å². The molecule has 9 heteroatoms. The van der Waals surface area contributed by atoms with Gasteiger partial charge in [0.25, 0.3) is 11.8 Å². The van der Waals surface area contributed by atoms with Crippen molar-refractivity contribution in [2.75, 3.05) is 13.1 Å². The lowest BCUT2D eigenvalue weighted by Gasteiger charge is -2.29. The summed E-state index contributed by atoms with van der Waals surface area (Å²) in [5.41, 5.74) is 6.22. The van der Waals surface area contributed by atoms with Crippen LogP contribution < -0.4 is 0 Å². The summed E-state index contributed by atoms with van der Waals surface area (Å²) in [4.78, 5) is 51.6. The zero-order chi connectivity index (χ0) is 40.5.